The summed E-state index contributed by atoms with van der Waals surface area (Å²) >= 11 is 0. The molecular weight excluding hydrogens is 318 g/mol. The minimum absolute atomic E-state index is 0.0292. The number of rotatable bonds is 8. The zero-order valence-electron chi connectivity index (χ0n) is 14.3. The van der Waals surface area contributed by atoms with Gasteiger partial charge in [-0.05, 0) is 44.2 Å². The third-order valence-corrected chi connectivity index (χ3v) is 3.71. The van der Waals surface area contributed by atoms with E-state index >= 15 is 0 Å². The smallest absolute Gasteiger partial charge is 0.330 e. The maximum atomic E-state index is 12.2. The Morgan fingerprint density at radius 2 is 1.96 bits per heavy atom. The van der Waals surface area contributed by atoms with Crippen molar-refractivity contribution in [3.05, 3.63) is 63.6 Å². The van der Waals surface area contributed by atoms with Crippen LogP contribution in [0.1, 0.15) is 36.6 Å². The first kappa shape index (κ1) is 18.4. The van der Waals surface area contributed by atoms with Crippen molar-refractivity contribution in [2.75, 3.05) is 12.3 Å². The molecule has 0 aliphatic carbocycles. The molecule has 0 bridgehead atoms. The summed E-state index contributed by atoms with van der Waals surface area (Å²) in [6.07, 6.45) is 6.06. The van der Waals surface area contributed by atoms with Crippen LogP contribution < -0.4 is 11.3 Å². The van der Waals surface area contributed by atoms with Gasteiger partial charge in [0.25, 0.3) is 5.56 Å². The van der Waals surface area contributed by atoms with Gasteiger partial charge in [0, 0.05) is 11.6 Å². The summed E-state index contributed by atoms with van der Waals surface area (Å²) in [5.41, 5.74) is 7.55. The summed E-state index contributed by atoms with van der Waals surface area (Å²) in [6, 6.07) is 10.2. The Morgan fingerprint density at radius 3 is 2.68 bits per heavy atom. The summed E-state index contributed by atoms with van der Waals surface area (Å²) < 4.78 is 4.84. The highest BCUT2D eigenvalue weighted by Gasteiger charge is 2.09. The molecule has 1 heterocycles. The van der Waals surface area contributed by atoms with Crippen LogP contribution in [0.3, 0.4) is 0 Å². The van der Waals surface area contributed by atoms with Crippen LogP contribution in [0.15, 0.2) is 41.2 Å². The van der Waals surface area contributed by atoms with Crippen molar-refractivity contribution in [3.8, 4) is 0 Å². The third kappa shape index (κ3) is 5.91. The molecule has 6 heteroatoms. The number of nitrogen functional groups attached to an aromatic ring is 1. The molecule has 1 aromatic carbocycles. The lowest BCUT2D eigenvalue weighted by Gasteiger charge is -2.06. The van der Waals surface area contributed by atoms with Crippen LogP contribution >= 0.6 is 0 Å². The maximum Gasteiger partial charge on any atom is 0.330 e. The number of hydrogen-bond donors (Lipinski definition) is 2. The van der Waals surface area contributed by atoms with Crippen LogP contribution in [-0.2, 0) is 22.4 Å². The quantitative estimate of drug-likeness (QED) is 0.437. The standard InChI is InChI=1S/C19H23N3O3/c1-2-25-17(23)13-12-16-15(18(24)22-19(20)21-16)11-7-6-10-14-8-4-3-5-9-14/h3-5,8-9,12-13H,2,6-7,10-11H2,1H3,(H3,20,21,22,24). The van der Waals surface area contributed by atoms with Crippen LogP contribution in [-0.4, -0.2) is 22.5 Å². The molecule has 2 rings (SSSR count). The van der Waals surface area contributed by atoms with Gasteiger partial charge in [-0.25, -0.2) is 9.78 Å². The number of nitrogens with zero attached hydrogens (tertiary/aromatic N) is 1. The molecule has 0 saturated carbocycles. The molecule has 3 N–H and O–H groups in total. The highest BCUT2D eigenvalue weighted by molar-refractivity contribution is 5.86. The fourth-order valence-corrected chi connectivity index (χ4v) is 2.53. The maximum absolute atomic E-state index is 12.2. The number of carbonyl (C=O) groups is 1. The van der Waals surface area contributed by atoms with Crippen LogP contribution in [0.4, 0.5) is 5.95 Å². The summed E-state index contributed by atoms with van der Waals surface area (Å²) in [5, 5.41) is 0. The van der Waals surface area contributed by atoms with Crippen molar-refractivity contribution in [1.29, 1.82) is 0 Å². The largest absolute Gasteiger partial charge is 0.463 e. The number of nitrogens with two attached hydrogens (primary N) is 1. The summed E-state index contributed by atoms with van der Waals surface area (Å²) in [4.78, 5) is 30.3. The van der Waals surface area contributed by atoms with Crippen LogP contribution in [0.5, 0.6) is 0 Å². The molecule has 0 atom stereocenters. The van der Waals surface area contributed by atoms with E-state index in [2.05, 4.69) is 22.1 Å². The highest BCUT2D eigenvalue weighted by Crippen LogP contribution is 2.11. The van der Waals surface area contributed by atoms with Crippen LogP contribution in [0, 0.1) is 0 Å². The topological polar surface area (TPSA) is 98.1 Å². The van der Waals surface area contributed by atoms with Gasteiger partial charge in [0.05, 0.1) is 12.3 Å². The van der Waals surface area contributed by atoms with Gasteiger partial charge in [-0.1, -0.05) is 30.3 Å². The first-order chi connectivity index (χ1) is 12.1. The lowest BCUT2D eigenvalue weighted by Crippen LogP contribution is -2.18. The van der Waals surface area contributed by atoms with Crippen molar-refractivity contribution in [3.63, 3.8) is 0 Å². The average Bonchev–Trinajstić information content (AvgIpc) is 2.59. The SMILES string of the molecule is CCOC(=O)C=Cc1nc(N)[nH]c(=O)c1CCCCc1ccccc1. The van der Waals surface area contributed by atoms with Gasteiger partial charge >= 0.3 is 5.97 Å². The first-order valence-corrected chi connectivity index (χ1v) is 8.37. The number of nitrogens with one attached hydrogen (secondary N) is 1. The van der Waals surface area contributed by atoms with E-state index in [0.717, 1.165) is 19.3 Å². The molecule has 25 heavy (non-hydrogen) atoms. The molecule has 0 radical (unpaired) electrons. The molecule has 0 amide bonds. The number of hydrogen-bond acceptors (Lipinski definition) is 5. The number of aromatic amines is 1. The molecular formula is C19H23N3O3. The van der Waals surface area contributed by atoms with Gasteiger partial charge in [-0.2, -0.15) is 0 Å². The molecule has 1 aromatic heterocycles. The number of esters is 1. The number of H-pyrrole nitrogens is 1. The van der Waals surface area contributed by atoms with Gasteiger partial charge in [-0.15, -0.1) is 0 Å². The van der Waals surface area contributed by atoms with Crippen molar-refractivity contribution in [2.24, 2.45) is 0 Å². The van der Waals surface area contributed by atoms with Gasteiger partial charge in [0.1, 0.15) is 0 Å². The van der Waals surface area contributed by atoms with Gasteiger partial charge in [0.15, 0.2) is 0 Å². The van der Waals surface area contributed by atoms with E-state index in [1.807, 2.05) is 18.2 Å². The van der Waals surface area contributed by atoms with Crippen LogP contribution in [0.25, 0.3) is 6.08 Å². The second-order valence-corrected chi connectivity index (χ2v) is 5.59. The van der Waals surface area contributed by atoms with Crippen LogP contribution in [0.2, 0.25) is 0 Å². The number of carbonyl (C=O) groups excluding carboxylic acids is 1. The molecule has 6 nitrogen and oxygen atoms in total. The molecule has 2 aromatic rings. The lowest BCUT2D eigenvalue weighted by atomic mass is 10.0. The van der Waals surface area contributed by atoms with E-state index in [1.165, 1.54) is 17.7 Å². The minimum atomic E-state index is -0.474. The fourth-order valence-electron chi connectivity index (χ4n) is 2.53. The number of anilines is 1. The molecule has 0 spiro atoms. The van der Waals surface area contributed by atoms with Crippen molar-refractivity contribution in [1.82, 2.24) is 9.97 Å². The Labute approximate surface area is 146 Å². The Bertz CT molecular complexity index is 782. The van der Waals surface area contributed by atoms with E-state index in [9.17, 15) is 9.59 Å². The van der Waals surface area contributed by atoms with E-state index in [4.69, 9.17) is 10.5 Å². The molecule has 0 aliphatic rings. The zero-order valence-corrected chi connectivity index (χ0v) is 14.3. The van der Waals surface area contributed by atoms with Crippen molar-refractivity contribution in [2.45, 2.75) is 32.6 Å². The molecule has 0 saturated heterocycles. The lowest BCUT2D eigenvalue weighted by molar-refractivity contribution is -0.137. The number of ether oxygens (including phenoxy) is 1. The number of aryl methyl sites for hydroxylation is 1. The Balaban J connectivity index is 2.03. The third-order valence-electron chi connectivity index (χ3n) is 3.71. The predicted molar refractivity (Wildman–Crippen MR) is 98.0 cm³/mol. The Kier molecular flexibility index (Phi) is 6.95. The van der Waals surface area contributed by atoms with E-state index < -0.39 is 5.97 Å². The zero-order chi connectivity index (χ0) is 18.1. The van der Waals surface area contributed by atoms with Gasteiger partial charge in [-0.3, -0.25) is 9.78 Å². The van der Waals surface area contributed by atoms with Gasteiger partial charge < -0.3 is 10.5 Å². The molecule has 0 aliphatic heterocycles. The summed E-state index contributed by atoms with van der Waals surface area (Å²) in [6.45, 7) is 2.02. The van der Waals surface area contributed by atoms with E-state index in [1.54, 1.807) is 6.92 Å². The normalized spacial score (nSPS) is 10.9. The number of unbranched alkanes of at least 4 members (excludes halogenated alkanes) is 1. The highest BCUT2D eigenvalue weighted by atomic mass is 16.5. The van der Waals surface area contributed by atoms with Gasteiger partial charge in [0.2, 0.25) is 5.95 Å². The van der Waals surface area contributed by atoms with Crippen molar-refractivity contribution >= 4 is 18.0 Å². The van der Waals surface area contributed by atoms with E-state index in [0.29, 0.717) is 24.3 Å². The molecule has 0 unspecified atom stereocenters. The minimum Gasteiger partial charge on any atom is -0.463 e. The first-order valence-electron chi connectivity index (χ1n) is 8.37. The number of aromatic nitrogens is 2. The molecule has 132 valence electrons. The number of benzene rings is 1. The Morgan fingerprint density at radius 1 is 1.24 bits per heavy atom. The Hall–Kier alpha value is -2.89. The second-order valence-electron chi connectivity index (χ2n) is 5.59. The second kappa shape index (κ2) is 9.42. The molecule has 0 fully saturated rings. The van der Waals surface area contributed by atoms with Crippen molar-refractivity contribution < 1.29 is 9.53 Å². The fraction of sp³-hybridized carbons (Fsp3) is 0.316. The summed E-state index contributed by atoms with van der Waals surface area (Å²) in [7, 11) is 0. The monoisotopic (exact) mass is 341 g/mol. The average molecular weight is 341 g/mol. The summed E-state index contributed by atoms with van der Waals surface area (Å²) in [5.74, 6) is -0.445. The van der Waals surface area contributed by atoms with E-state index in [-0.39, 0.29) is 11.5 Å². The predicted octanol–water partition coefficient (Wildman–Crippen LogP) is 2.49.